The lowest BCUT2D eigenvalue weighted by molar-refractivity contribution is 0.336. The zero-order valence-electron chi connectivity index (χ0n) is 8.07. The van der Waals surface area contributed by atoms with Crippen LogP contribution in [-0.4, -0.2) is 23.5 Å². The van der Waals surface area contributed by atoms with Crippen LogP contribution in [0.25, 0.3) is 0 Å². The fraction of sp³-hybridized carbons (Fsp3) is 0.364. The molecule has 0 bridgehead atoms. The second-order valence-electron chi connectivity index (χ2n) is 3.66. The summed E-state index contributed by atoms with van der Waals surface area (Å²) < 4.78 is 0. The molecule has 0 amide bonds. The second-order valence-corrected chi connectivity index (χ2v) is 3.66. The minimum absolute atomic E-state index is 0.425. The van der Waals surface area contributed by atoms with Crippen LogP contribution in [-0.2, 0) is 0 Å². The van der Waals surface area contributed by atoms with Gasteiger partial charge in [-0.05, 0) is 25.6 Å². The molecule has 1 unspecified atom stereocenters. The SMILES string of the molecule is CC1=CC(c2cccnc2)N(C)C1. The van der Waals surface area contributed by atoms with Gasteiger partial charge in [0.2, 0.25) is 0 Å². The molecule has 1 aromatic heterocycles. The van der Waals surface area contributed by atoms with Gasteiger partial charge in [0.15, 0.2) is 0 Å². The summed E-state index contributed by atoms with van der Waals surface area (Å²) in [4.78, 5) is 6.46. The summed E-state index contributed by atoms with van der Waals surface area (Å²) in [6, 6.07) is 4.54. The standard InChI is InChI=1S/C11H14N2/c1-9-6-11(13(2)8-9)10-4-3-5-12-7-10/h3-7,11H,8H2,1-2H3. The summed E-state index contributed by atoms with van der Waals surface area (Å²) in [5.41, 5.74) is 2.72. The van der Waals surface area contributed by atoms with E-state index >= 15 is 0 Å². The number of pyridine rings is 1. The molecule has 1 aliphatic rings. The van der Waals surface area contributed by atoms with Crippen molar-refractivity contribution in [3.63, 3.8) is 0 Å². The normalized spacial score (nSPS) is 23.2. The van der Waals surface area contributed by atoms with Crippen molar-refractivity contribution >= 4 is 0 Å². The zero-order valence-corrected chi connectivity index (χ0v) is 8.07. The maximum Gasteiger partial charge on any atom is 0.0550 e. The molecule has 1 aromatic rings. The summed E-state index contributed by atoms with van der Waals surface area (Å²) >= 11 is 0. The van der Waals surface area contributed by atoms with Gasteiger partial charge < -0.3 is 0 Å². The van der Waals surface area contributed by atoms with Crippen molar-refractivity contribution in [1.82, 2.24) is 9.88 Å². The van der Waals surface area contributed by atoms with Gasteiger partial charge >= 0.3 is 0 Å². The molecule has 0 radical (unpaired) electrons. The van der Waals surface area contributed by atoms with Crippen LogP contribution in [0.2, 0.25) is 0 Å². The van der Waals surface area contributed by atoms with E-state index in [-0.39, 0.29) is 0 Å². The van der Waals surface area contributed by atoms with E-state index in [1.54, 1.807) is 0 Å². The van der Waals surface area contributed by atoms with Gasteiger partial charge in [0.05, 0.1) is 6.04 Å². The number of rotatable bonds is 1. The van der Waals surface area contributed by atoms with Gasteiger partial charge in [0.25, 0.3) is 0 Å². The Morgan fingerprint density at radius 1 is 1.54 bits per heavy atom. The molecule has 2 nitrogen and oxygen atoms in total. The van der Waals surface area contributed by atoms with Gasteiger partial charge in [-0.25, -0.2) is 0 Å². The van der Waals surface area contributed by atoms with Crippen molar-refractivity contribution in [2.24, 2.45) is 0 Å². The average molecular weight is 174 g/mol. The van der Waals surface area contributed by atoms with E-state index in [1.807, 2.05) is 18.5 Å². The molecule has 13 heavy (non-hydrogen) atoms. The van der Waals surface area contributed by atoms with Gasteiger partial charge in [-0.15, -0.1) is 0 Å². The first kappa shape index (κ1) is 8.45. The molecule has 68 valence electrons. The number of hydrogen-bond acceptors (Lipinski definition) is 2. The second kappa shape index (κ2) is 3.30. The molecule has 2 heteroatoms. The highest BCUT2D eigenvalue weighted by Gasteiger charge is 2.20. The van der Waals surface area contributed by atoms with Gasteiger partial charge in [0, 0.05) is 18.9 Å². The lowest BCUT2D eigenvalue weighted by Gasteiger charge is -2.18. The summed E-state index contributed by atoms with van der Waals surface area (Å²) in [6.07, 6.45) is 6.06. The number of aromatic nitrogens is 1. The van der Waals surface area contributed by atoms with Gasteiger partial charge in [0.1, 0.15) is 0 Å². The van der Waals surface area contributed by atoms with Crippen LogP contribution in [0.1, 0.15) is 18.5 Å². The number of nitrogens with zero attached hydrogens (tertiary/aromatic N) is 2. The highest BCUT2D eigenvalue weighted by molar-refractivity contribution is 5.25. The molecule has 1 aliphatic heterocycles. The molecule has 0 spiro atoms. The van der Waals surface area contributed by atoms with E-state index in [0.717, 1.165) is 6.54 Å². The maximum absolute atomic E-state index is 4.13. The Labute approximate surface area is 78.9 Å². The maximum atomic E-state index is 4.13. The van der Waals surface area contributed by atoms with Crippen LogP contribution in [0.15, 0.2) is 36.2 Å². The highest BCUT2D eigenvalue weighted by atomic mass is 15.1. The quantitative estimate of drug-likeness (QED) is 0.605. The number of hydrogen-bond donors (Lipinski definition) is 0. The van der Waals surface area contributed by atoms with Crippen molar-refractivity contribution in [2.45, 2.75) is 13.0 Å². The third-order valence-electron chi connectivity index (χ3n) is 2.44. The van der Waals surface area contributed by atoms with E-state index < -0.39 is 0 Å². The monoisotopic (exact) mass is 174 g/mol. The van der Waals surface area contributed by atoms with Crippen molar-refractivity contribution < 1.29 is 0 Å². The van der Waals surface area contributed by atoms with Gasteiger partial charge in [-0.2, -0.15) is 0 Å². The van der Waals surface area contributed by atoms with Gasteiger partial charge in [-0.1, -0.05) is 17.7 Å². The molecule has 0 aromatic carbocycles. The predicted molar refractivity (Wildman–Crippen MR) is 53.4 cm³/mol. The summed E-state index contributed by atoms with van der Waals surface area (Å²) in [7, 11) is 2.14. The molecule has 0 N–H and O–H groups in total. The topological polar surface area (TPSA) is 16.1 Å². The molecule has 2 rings (SSSR count). The highest BCUT2D eigenvalue weighted by Crippen LogP contribution is 2.27. The molecular formula is C11H14N2. The van der Waals surface area contributed by atoms with Crippen molar-refractivity contribution in [1.29, 1.82) is 0 Å². The van der Waals surface area contributed by atoms with E-state index in [0.29, 0.717) is 6.04 Å². The summed E-state index contributed by atoms with van der Waals surface area (Å²) in [5, 5.41) is 0. The minimum Gasteiger partial charge on any atom is -0.292 e. The molecule has 0 fully saturated rings. The van der Waals surface area contributed by atoms with Crippen molar-refractivity contribution in [3.8, 4) is 0 Å². The Morgan fingerprint density at radius 2 is 2.38 bits per heavy atom. The number of likely N-dealkylation sites (N-methyl/N-ethyl adjacent to an activating group) is 1. The van der Waals surface area contributed by atoms with Crippen LogP contribution in [0.3, 0.4) is 0 Å². The molecule has 0 saturated heterocycles. The lowest BCUT2D eigenvalue weighted by atomic mass is 10.1. The molecule has 0 saturated carbocycles. The largest absolute Gasteiger partial charge is 0.292 e. The van der Waals surface area contributed by atoms with Crippen LogP contribution in [0, 0.1) is 0 Å². The third-order valence-corrected chi connectivity index (χ3v) is 2.44. The molecule has 1 atom stereocenters. The Kier molecular flexibility index (Phi) is 2.15. The third kappa shape index (κ3) is 1.63. The van der Waals surface area contributed by atoms with E-state index in [9.17, 15) is 0 Å². The van der Waals surface area contributed by atoms with E-state index in [2.05, 4.69) is 36.0 Å². The Balaban J connectivity index is 2.27. The van der Waals surface area contributed by atoms with Crippen LogP contribution in [0.4, 0.5) is 0 Å². The molecule has 2 heterocycles. The Hall–Kier alpha value is -1.15. The first-order valence-electron chi connectivity index (χ1n) is 4.55. The zero-order chi connectivity index (χ0) is 9.26. The van der Waals surface area contributed by atoms with E-state index in [4.69, 9.17) is 0 Å². The van der Waals surface area contributed by atoms with Crippen molar-refractivity contribution in [2.75, 3.05) is 13.6 Å². The average Bonchev–Trinajstić information content (AvgIpc) is 2.47. The summed E-state index contributed by atoms with van der Waals surface area (Å²) in [5.74, 6) is 0. The minimum atomic E-state index is 0.425. The fourth-order valence-electron chi connectivity index (χ4n) is 1.84. The Morgan fingerprint density at radius 3 is 2.92 bits per heavy atom. The lowest BCUT2D eigenvalue weighted by Crippen LogP contribution is -2.18. The smallest absolute Gasteiger partial charge is 0.0550 e. The Bertz CT molecular complexity index is 316. The van der Waals surface area contributed by atoms with Crippen LogP contribution < -0.4 is 0 Å². The van der Waals surface area contributed by atoms with Crippen LogP contribution in [0.5, 0.6) is 0 Å². The fourth-order valence-corrected chi connectivity index (χ4v) is 1.84. The van der Waals surface area contributed by atoms with Gasteiger partial charge in [-0.3, -0.25) is 9.88 Å². The summed E-state index contributed by atoms with van der Waals surface area (Å²) in [6.45, 7) is 3.24. The molecular weight excluding hydrogens is 160 g/mol. The van der Waals surface area contributed by atoms with Crippen molar-refractivity contribution in [3.05, 3.63) is 41.7 Å². The van der Waals surface area contributed by atoms with E-state index in [1.165, 1.54) is 11.1 Å². The first-order valence-corrected chi connectivity index (χ1v) is 4.55. The predicted octanol–water partition coefficient (Wildman–Crippen LogP) is 2.01. The first-order chi connectivity index (χ1) is 6.27. The van der Waals surface area contributed by atoms with Crippen LogP contribution >= 0.6 is 0 Å². The molecule has 0 aliphatic carbocycles.